The summed E-state index contributed by atoms with van der Waals surface area (Å²) in [7, 11) is 5.24. The summed E-state index contributed by atoms with van der Waals surface area (Å²) in [4.78, 5) is 17.4. The van der Waals surface area contributed by atoms with Crippen LogP contribution >= 0.6 is 24.0 Å². The van der Waals surface area contributed by atoms with Crippen molar-refractivity contribution < 1.29 is 13.9 Å². The third-order valence-electron chi connectivity index (χ3n) is 3.26. The number of carbonyl (C=O) groups is 1. The molecule has 154 valence electrons. The van der Waals surface area contributed by atoms with Gasteiger partial charge in [0.1, 0.15) is 11.4 Å². The maximum atomic E-state index is 14.0. The van der Waals surface area contributed by atoms with Crippen LogP contribution in [-0.4, -0.2) is 51.9 Å². The van der Waals surface area contributed by atoms with Gasteiger partial charge in [-0.25, -0.2) is 9.18 Å². The number of alkyl carbamates (subject to hydrolysis) is 1. The quantitative estimate of drug-likeness (QED) is 0.245. The molecule has 0 saturated heterocycles. The van der Waals surface area contributed by atoms with Crippen molar-refractivity contribution in [1.82, 2.24) is 16.0 Å². The lowest BCUT2D eigenvalue weighted by Crippen LogP contribution is -2.42. The Bertz CT molecular complexity index is 633. The number of guanidine groups is 1. The van der Waals surface area contributed by atoms with Gasteiger partial charge in [-0.2, -0.15) is 0 Å². The monoisotopic (exact) mass is 495 g/mol. The van der Waals surface area contributed by atoms with Crippen LogP contribution in [0.15, 0.2) is 23.2 Å². The minimum absolute atomic E-state index is 0. The van der Waals surface area contributed by atoms with E-state index in [2.05, 4.69) is 20.9 Å². The molecule has 0 aliphatic carbocycles. The van der Waals surface area contributed by atoms with E-state index in [0.717, 1.165) is 5.56 Å². The summed E-state index contributed by atoms with van der Waals surface area (Å²) in [6.07, 6.45) is -0.460. The first kappa shape index (κ1) is 25.2. The maximum Gasteiger partial charge on any atom is 0.407 e. The summed E-state index contributed by atoms with van der Waals surface area (Å²) in [5, 5.41) is 8.83. The number of benzene rings is 1. The summed E-state index contributed by atoms with van der Waals surface area (Å²) in [5.41, 5.74) is 0.833. The molecule has 1 rings (SSSR count). The molecule has 0 spiro atoms. The summed E-state index contributed by atoms with van der Waals surface area (Å²) in [5.74, 6) is 0.298. The molecule has 0 aromatic heterocycles. The van der Waals surface area contributed by atoms with Gasteiger partial charge >= 0.3 is 6.09 Å². The molecule has 27 heavy (non-hydrogen) atoms. The van der Waals surface area contributed by atoms with E-state index in [0.29, 0.717) is 31.3 Å². The first-order valence-corrected chi connectivity index (χ1v) is 8.49. The summed E-state index contributed by atoms with van der Waals surface area (Å²) in [6.45, 7) is 6.73. The number of amides is 1. The van der Waals surface area contributed by atoms with Crippen LogP contribution in [0.3, 0.4) is 0 Å². The van der Waals surface area contributed by atoms with Crippen molar-refractivity contribution in [3.8, 4) is 0 Å². The van der Waals surface area contributed by atoms with E-state index < -0.39 is 11.7 Å². The van der Waals surface area contributed by atoms with Crippen molar-refractivity contribution in [2.45, 2.75) is 32.9 Å². The predicted molar refractivity (Wildman–Crippen MR) is 119 cm³/mol. The van der Waals surface area contributed by atoms with Crippen LogP contribution in [0.5, 0.6) is 0 Å². The minimum Gasteiger partial charge on any atom is -0.444 e. The van der Waals surface area contributed by atoms with Crippen LogP contribution in [0.4, 0.5) is 14.9 Å². The van der Waals surface area contributed by atoms with Crippen molar-refractivity contribution in [3.05, 3.63) is 29.6 Å². The van der Waals surface area contributed by atoms with Gasteiger partial charge in [0.25, 0.3) is 0 Å². The summed E-state index contributed by atoms with van der Waals surface area (Å²) >= 11 is 0. The molecule has 0 heterocycles. The Hall–Kier alpha value is -1.78. The van der Waals surface area contributed by atoms with E-state index in [9.17, 15) is 9.18 Å². The van der Waals surface area contributed by atoms with E-state index >= 15 is 0 Å². The second-order valence-corrected chi connectivity index (χ2v) is 6.96. The van der Waals surface area contributed by atoms with Gasteiger partial charge in [-0.1, -0.05) is 6.07 Å². The lowest BCUT2D eigenvalue weighted by atomic mass is 10.2. The van der Waals surface area contributed by atoms with Gasteiger partial charge in [0.2, 0.25) is 0 Å². The van der Waals surface area contributed by atoms with E-state index in [-0.39, 0.29) is 29.8 Å². The predicted octanol–water partition coefficient (Wildman–Crippen LogP) is 2.70. The van der Waals surface area contributed by atoms with E-state index in [1.807, 2.05) is 26.8 Å². The van der Waals surface area contributed by atoms with Gasteiger partial charge in [-0.15, -0.1) is 24.0 Å². The Morgan fingerprint density at radius 1 is 1.19 bits per heavy atom. The van der Waals surface area contributed by atoms with Crippen LogP contribution in [-0.2, 0) is 11.3 Å². The van der Waals surface area contributed by atoms with Gasteiger partial charge in [-0.3, -0.25) is 4.99 Å². The van der Waals surface area contributed by atoms with Crippen molar-refractivity contribution in [3.63, 3.8) is 0 Å². The van der Waals surface area contributed by atoms with Crippen LogP contribution < -0.4 is 20.9 Å². The van der Waals surface area contributed by atoms with Gasteiger partial charge in [0.05, 0.1) is 5.69 Å². The fraction of sp³-hybridized carbons (Fsp3) is 0.556. The van der Waals surface area contributed by atoms with Crippen LogP contribution in [0, 0.1) is 5.82 Å². The average Bonchev–Trinajstić information content (AvgIpc) is 2.52. The van der Waals surface area contributed by atoms with Crippen LogP contribution in [0.2, 0.25) is 0 Å². The number of halogens is 2. The van der Waals surface area contributed by atoms with E-state index in [4.69, 9.17) is 4.74 Å². The molecule has 0 unspecified atom stereocenters. The fourth-order valence-electron chi connectivity index (χ4n) is 2.09. The zero-order valence-electron chi connectivity index (χ0n) is 16.9. The van der Waals surface area contributed by atoms with Gasteiger partial charge in [0, 0.05) is 40.8 Å². The molecule has 0 aliphatic heterocycles. The highest BCUT2D eigenvalue weighted by Gasteiger charge is 2.15. The molecule has 0 radical (unpaired) electrons. The van der Waals surface area contributed by atoms with Crippen molar-refractivity contribution in [2.24, 2.45) is 4.99 Å². The molecular formula is C18H31FIN5O2. The second-order valence-electron chi connectivity index (χ2n) is 6.96. The topological polar surface area (TPSA) is 78.0 Å². The first-order chi connectivity index (χ1) is 12.1. The molecular weight excluding hydrogens is 464 g/mol. The standard InChI is InChI=1S/C18H30FN5O2.HI/c1-18(2,3)26-17(25)22-10-9-21-16(20-4)23-12-13-7-8-15(24(5)6)14(19)11-13;/h7-8,11H,9-10,12H2,1-6H3,(H,22,25)(H2,20,21,23);1H. The van der Waals surface area contributed by atoms with E-state index in [1.54, 1.807) is 32.1 Å². The maximum absolute atomic E-state index is 14.0. The number of hydrogen-bond acceptors (Lipinski definition) is 4. The SMILES string of the molecule is CN=C(NCCNC(=O)OC(C)(C)C)NCc1ccc(N(C)C)c(F)c1.I. The Balaban J connectivity index is 0.00000676. The molecule has 1 aromatic carbocycles. The summed E-state index contributed by atoms with van der Waals surface area (Å²) < 4.78 is 19.1. The molecule has 3 N–H and O–H groups in total. The fourth-order valence-corrected chi connectivity index (χ4v) is 2.09. The number of rotatable bonds is 6. The van der Waals surface area contributed by atoms with Gasteiger partial charge in [-0.05, 0) is 38.5 Å². The number of carbonyl (C=O) groups excluding carboxylic acids is 1. The number of nitrogens with zero attached hydrogens (tertiary/aromatic N) is 2. The number of nitrogens with one attached hydrogen (secondary N) is 3. The number of ether oxygens (including phenoxy) is 1. The lowest BCUT2D eigenvalue weighted by molar-refractivity contribution is 0.0529. The molecule has 0 atom stereocenters. The van der Waals surface area contributed by atoms with Crippen LogP contribution in [0.25, 0.3) is 0 Å². The third kappa shape index (κ3) is 10.2. The highest BCUT2D eigenvalue weighted by atomic mass is 127. The average molecular weight is 495 g/mol. The van der Waals surface area contributed by atoms with Crippen molar-refractivity contribution in [1.29, 1.82) is 0 Å². The van der Waals surface area contributed by atoms with Crippen LogP contribution in [0.1, 0.15) is 26.3 Å². The molecule has 0 saturated carbocycles. The zero-order valence-corrected chi connectivity index (χ0v) is 19.2. The smallest absolute Gasteiger partial charge is 0.407 e. The Morgan fingerprint density at radius 3 is 2.33 bits per heavy atom. The molecule has 7 nitrogen and oxygen atoms in total. The Morgan fingerprint density at radius 2 is 1.81 bits per heavy atom. The molecule has 1 amide bonds. The Labute approximate surface area is 178 Å². The highest BCUT2D eigenvalue weighted by molar-refractivity contribution is 14.0. The van der Waals surface area contributed by atoms with Crippen molar-refractivity contribution >= 4 is 41.7 Å². The minimum atomic E-state index is -0.521. The van der Waals surface area contributed by atoms with Gasteiger partial charge in [0.15, 0.2) is 5.96 Å². The number of hydrogen-bond donors (Lipinski definition) is 3. The summed E-state index contributed by atoms with van der Waals surface area (Å²) in [6, 6.07) is 5.11. The second kappa shape index (κ2) is 11.8. The zero-order chi connectivity index (χ0) is 19.7. The largest absolute Gasteiger partial charge is 0.444 e. The Kier molecular flexibility index (Phi) is 11.1. The van der Waals surface area contributed by atoms with Crippen molar-refractivity contribution in [2.75, 3.05) is 39.1 Å². The van der Waals surface area contributed by atoms with E-state index in [1.165, 1.54) is 6.07 Å². The third-order valence-corrected chi connectivity index (χ3v) is 3.26. The molecule has 0 fully saturated rings. The highest BCUT2D eigenvalue weighted by Crippen LogP contribution is 2.18. The first-order valence-electron chi connectivity index (χ1n) is 8.49. The molecule has 1 aromatic rings. The number of anilines is 1. The van der Waals surface area contributed by atoms with Gasteiger partial charge < -0.3 is 25.6 Å². The lowest BCUT2D eigenvalue weighted by Gasteiger charge is -2.20. The molecule has 9 heteroatoms. The molecule has 0 bridgehead atoms. The normalized spacial score (nSPS) is 11.3. The number of aliphatic imine (C=N–C) groups is 1. The molecule has 0 aliphatic rings.